The highest BCUT2D eigenvalue weighted by molar-refractivity contribution is 5.75. The maximum absolute atomic E-state index is 11.2. The van der Waals surface area contributed by atoms with E-state index in [2.05, 4.69) is 15.0 Å². The van der Waals surface area contributed by atoms with Crippen molar-refractivity contribution in [2.24, 2.45) is 5.41 Å². The molecule has 1 aliphatic carbocycles. The van der Waals surface area contributed by atoms with E-state index in [1.165, 1.54) is 6.20 Å². The SMILES string of the molecule is O=C(O)C1(COc2cnc(-c3cccnc3)cn2)CCC1. The molecular formula is C15H15N3O3. The van der Waals surface area contributed by atoms with Gasteiger partial charge in [0.25, 0.3) is 0 Å². The minimum atomic E-state index is -0.798. The van der Waals surface area contributed by atoms with Crippen molar-refractivity contribution < 1.29 is 14.6 Å². The lowest BCUT2D eigenvalue weighted by molar-refractivity contribution is -0.157. The standard InChI is InChI=1S/C15H15N3O3/c19-14(20)15(4-2-5-15)10-21-13-9-17-12(8-18-13)11-3-1-6-16-7-11/h1,3,6-9H,2,4-5,10H2,(H,19,20). The van der Waals surface area contributed by atoms with Crippen LogP contribution in [0.2, 0.25) is 0 Å². The van der Waals surface area contributed by atoms with Gasteiger partial charge in [0, 0.05) is 18.0 Å². The zero-order valence-corrected chi connectivity index (χ0v) is 11.4. The number of aliphatic carboxylic acids is 1. The Morgan fingerprint density at radius 1 is 1.29 bits per heavy atom. The maximum Gasteiger partial charge on any atom is 0.313 e. The van der Waals surface area contributed by atoms with Gasteiger partial charge >= 0.3 is 5.97 Å². The second kappa shape index (κ2) is 5.47. The molecule has 6 nitrogen and oxygen atoms in total. The summed E-state index contributed by atoms with van der Waals surface area (Å²) in [5.74, 6) is -0.455. The van der Waals surface area contributed by atoms with E-state index in [1.54, 1.807) is 18.6 Å². The highest BCUT2D eigenvalue weighted by Crippen LogP contribution is 2.41. The van der Waals surface area contributed by atoms with Crippen LogP contribution in [0, 0.1) is 5.41 Å². The molecule has 6 heteroatoms. The lowest BCUT2D eigenvalue weighted by Crippen LogP contribution is -2.43. The molecule has 2 heterocycles. The molecular weight excluding hydrogens is 270 g/mol. The number of carboxylic acid groups (broad SMARTS) is 1. The first-order valence-corrected chi connectivity index (χ1v) is 6.78. The highest BCUT2D eigenvalue weighted by Gasteiger charge is 2.45. The van der Waals surface area contributed by atoms with E-state index in [0.717, 1.165) is 12.0 Å². The van der Waals surface area contributed by atoms with E-state index in [1.807, 2.05) is 12.1 Å². The van der Waals surface area contributed by atoms with Crippen LogP contribution in [-0.4, -0.2) is 32.6 Å². The summed E-state index contributed by atoms with van der Waals surface area (Å²) in [5, 5.41) is 9.23. The average Bonchev–Trinajstić information content (AvgIpc) is 2.47. The molecule has 108 valence electrons. The van der Waals surface area contributed by atoms with Crippen molar-refractivity contribution in [3.8, 4) is 17.1 Å². The summed E-state index contributed by atoms with van der Waals surface area (Å²) in [4.78, 5) is 23.7. The number of aromatic nitrogens is 3. The molecule has 0 aromatic carbocycles. The van der Waals surface area contributed by atoms with Gasteiger partial charge in [-0.3, -0.25) is 9.78 Å². The van der Waals surface area contributed by atoms with Gasteiger partial charge in [-0.1, -0.05) is 6.42 Å². The lowest BCUT2D eigenvalue weighted by atomic mass is 9.69. The minimum Gasteiger partial charge on any atom is -0.481 e. The highest BCUT2D eigenvalue weighted by atomic mass is 16.5. The summed E-state index contributed by atoms with van der Waals surface area (Å²) in [6, 6.07) is 3.72. The van der Waals surface area contributed by atoms with Crippen LogP contribution in [0.4, 0.5) is 0 Å². The van der Waals surface area contributed by atoms with Gasteiger partial charge in [-0.05, 0) is 25.0 Å². The van der Waals surface area contributed by atoms with Crippen molar-refractivity contribution in [1.82, 2.24) is 15.0 Å². The zero-order valence-electron chi connectivity index (χ0n) is 11.4. The molecule has 2 aromatic rings. The van der Waals surface area contributed by atoms with Gasteiger partial charge in [-0.25, -0.2) is 9.97 Å². The molecule has 0 spiro atoms. The second-order valence-electron chi connectivity index (χ2n) is 5.21. The quantitative estimate of drug-likeness (QED) is 0.906. The van der Waals surface area contributed by atoms with E-state index in [0.29, 0.717) is 24.4 Å². The first-order chi connectivity index (χ1) is 10.2. The molecule has 0 aliphatic heterocycles. The van der Waals surface area contributed by atoms with E-state index in [4.69, 9.17) is 4.74 Å². The molecule has 1 N–H and O–H groups in total. The lowest BCUT2D eigenvalue weighted by Gasteiger charge is -2.36. The molecule has 0 unspecified atom stereocenters. The summed E-state index contributed by atoms with van der Waals surface area (Å²) < 4.78 is 5.50. The van der Waals surface area contributed by atoms with Crippen LogP contribution in [-0.2, 0) is 4.79 Å². The fourth-order valence-electron chi connectivity index (χ4n) is 2.29. The van der Waals surface area contributed by atoms with E-state index in [-0.39, 0.29) is 6.61 Å². The summed E-state index contributed by atoms with van der Waals surface area (Å²) in [7, 11) is 0. The zero-order chi connectivity index (χ0) is 14.7. The van der Waals surface area contributed by atoms with Crippen molar-refractivity contribution in [2.45, 2.75) is 19.3 Å². The predicted molar refractivity (Wildman–Crippen MR) is 74.7 cm³/mol. The van der Waals surface area contributed by atoms with Crippen molar-refractivity contribution >= 4 is 5.97 Å². The fourth-order valence-corrected chi connectivity index (χ4v) is 2.29. The Balaban J connectivity index is 1.66. The first-order valence-electron chi connectivity index (χ1n) is 6.78. The Labute approximate surface area is 121 Å². The average molecular weight is 285 g/mol. The largest absolute Gasteiger partial charge is 0.481 e. The third kappa shape index (κ3) is 2.69. The number of carboxylic acids is 1. The van der Waals surface area contributed by atoms with Gasteiger partial charge in [-0.2, -0.15) is 0 Å². The number of rotatable bonds is 5. The Morgan fingerprint density at radius 2 is 2.14 bits per heavy atom. The molecule has 3 rings (SSSR count). The molecule has 1 fully saturated rings. The molecule has 1 saturated carbocycles. The smallest absolute Gasteiger partial charge is 0.313 e. The van der Waals surface area contributed by atoms with Gasteiger partial charge in [0.2, 0.25) is 5.88 Å². The molecule has 0 atom stereocenters. The molecule has 0 bridgehead atoms. The van der Waals surface area contributed by atoms with Crippen LogP contribution in [0.15, 0.2) is 36.9 Å². The summed E-state index contributed by atoms with van der Waals surface area (Å²) in [6.07, 6.45) is 8.75. The summed E-state index contributed by atoms with van der Waals surface area (Å²) in [6.45, 7) is 0.142. The topological polar surface area (TPSA) is 85.2 Å². The molecule has 0 saturated heterocycles. The number of nitrogens with zero attached hydrogens (tertiary/aromatic N) is 3. The molecule has 0 amide bonds. The van der Waals surface area contributed by atoms with E-state index in [9.17, 15) is 9.90 Å². The Morgan fingerprint density at radius 3 is 2.67 bits per heavy atom. The second-order valence-corrected chi connectivity index (χ2v) is 5.21. The fraction of sp³-hybridized carbons (Fsp3) is 0.333. The van der Waals surface area contributed by atoms with Crippen LogP contribution in [0.1, 0.15) is 19.3 Å². The Kier molecular flexibility index (Phi) is 3.51. The van der Waals surface area contributed by atoms with Gasteiger partial charge in [0.1, 0.15) is 12.0 Å². The van der Waals surface area contributed by atoms with Gasteiger partial charge in [0.05, 0.1) is 18.1 Å². The van der Waals surface area contributed by atoms with Crippen LogP contribution >= 0.6 is 0 Å². The number of hydrogen-bond donors (Lipinski definition) is 1. The number of pyridine rings is 1. The molecule has 1 aliphatic rings. The first kappa shape index (κ1) is 13.5. The van der Waals surface area contributed by atoms with Crippen molar-refractivity contribution in [2.75, 3.05) is 6.61 Å². The molecule has 2 aromatic heterocycles. The number of hydrogen-bond acceptors (Lipinski definition) is 5. The number of carbonyl (C=O) groups is 1. The van der Waals surface area contributed by atoms with Crippen molar-refractivity contribution in [1.29, 1.82) is 0 Å². The van der Waals surface area contributed by atoms with Crippen LogP contribution in [0.5, 0.6) is 5.88 Å². The minimum absolute atomic E-state index is 0.142. The third-order valence-electron chi connectivity index (χ3n) is 3.85. The molecule has 0 radical (unpaired) electrons. The summed E-state index contributed by atoms with van der Waals surface area (Å²) >= 11 is 0. The van der Waals surface area contributed by atoms with Crippen LogP contribution in [0.25, 0.3) is 11.3 Å². The van der Waals surface area contributed by atoms with Crippen molar-refractivity contribution in [3.63, 3.8) is 0 Å². The normalized spacial score (nSPS) is 16.0. The van der Waals surface area contributed by atoms with Gasteiger partial charge in [-0.15, -0.1) is 0 Å². The van der Waals surface area contributed by atoms with E-state index >= 15 is 0 Å². The monoisotopic (exact) mass is 285 g/mol. The Bertz CT molecular complexity index is 624. The molecule has 21 heavy (non-hydrogen) atoms. The predicted octanol–water partition coefficient (Wildman–Crippen LogP) is 2.17. The van der Waals surface area contributed by atoms with Gasteiger partial charge < -0.3 is 9.84 Å². The van der Waals surface area contributed by atoms with Crippen LogP contribution < -0.4 is 4.74 Å². The maximum atomic E-state index is 11.2. The van der Waals surface area contributed by atoms with Crippen LogP contribution in [0.3, 0.4) is 0 Å². The number of ether oxygens (including phenoxy) is 1. The van der Waals surface area contributed by atoms with Gasteiger partial charge in [0.15, 0.2) is 0 Å². The third-order valence-corrected chi connectivity index (χ3v) is 3.85. The Hall–Kier alpha value is -2.50. The summed E-state index contributed by atoms with van der Waals surface area (Å²) in [5.41, 5.74) is 0.827. The van der Waals surface area contributed by atoms with Crippen molar-refractivity contribution in [3.05, 3.63) is 36.9 Å². The van der Waals surface area contributed by atoms with E-state index < -0.39 is 11.4 Å².